The third-order valence-corrected chi connectivity index (χ3v) is 5.06. The SMILES string of the molecule is CCOc1c(Br)cc(C(=O)NNC(=O)c2ccccc2COc2ccccc2)cc1OC. The first-order valence-corrected chi connectivity index (χ1v) is 10.7. The second-order valence-electron chi connectivity index (χ2n) is 6.59. The summed E-state index contributed by atoms with van der Waals surface area (Å²) in [5.74, 6) is 0.649. The lowest BCUT2D eigenvalue weighted by Crippen LogP contribution is -2.42. The Hall–Kier alpha value is -3.52. The molecule has 0 fully saturated rings. The van der Waals surface area contributed by atoms with Crippen LogP contribution in [0.4, 0.5) is 0 Å². The molecule has 3 aromatic rings. The molecule has 32 heavy (non-hydrogen) atoms. The van der Waals surface area contributed by atoms with Gasteiger partial charge in [-0.1, -0.05) is 36.4 Å². The van der Waals surface area contributed by atoms with Crippen LogP contribution < -0.4 is 25.1 Å². The largest absolute Gasteiger partial charge is 0.493 e. The minimum atomic E-state index is -0.501. The van der Waals surface area contributed by atoms with E-state index in [0.29, 0.717) is 39.5 Å². The Bertz CT molecular complexity index is 1090. The number of methoxy groups -OCH3 is 1. The number of carbonyl (C=O) groups excluding carboxylic acids is 2. The van der Waals surface area contributed by atoms with Gasteiger partial charge in [0.25, 0.3) is 11.8 Å². The van der Waals surface area contributed by atoms with E-state index in [0.717, 1.165) is 0 Å². The van der Waals surface area contributed by atoms with Crippen LogP contribution in [0.25, 0.3) is 0 Å². The number of carbonyl (C=O) groups is 2. The molecular weight excluding hydrogens is 476 g/mol. The smallest absolute Gasteiger partial charge is 0.270 e. The second kappa shape index (κ2) is 11.2. The number of halogens is 1. The summed E-state index contributed by atoms with van der Waals surface area (Å²) in [4.78, 5) is 25.3. The number of ether oxygens (including phenoxy) is 3. The molecule has 0 saturated heterocycles. The van der Waals surface area contributed by atoms with E-state index in [2.05, 4.69) is 26.8 Å². The summed E-state index contributed by atoms with van der Waals surface area (Å²) in [7, 11) is 1.49. The zero-order valence-electron chi connectivity index (χ0n) is 17.7. The van der Waals surface area contributed by atoms with Gasteiger partial charge >= 0.3 is 0 Å². The van der Waals surface area contributed by atoms with Crippen molar-refractivity contribution in [2.45, 2.75) is 13.5 Å². The minimum absolute atomic E-state index is 0.213. The van der Waals surface area contributed by atoms with Crippen molar-refractivity contribution in [1.29, 1.82) is 0 Å². The van der Waals surface area contributed by atoms with E-state index in [-0.39, 0.29) is 12.2 Å². The van der Waals surface area contributed by atoms with E-state index >= 15 is 0 Å². The van der Waals surface area contributed by atoms with Gasteiger partial charge in [-0.05, 0) is 53.2 Å². The van der Waals surface area contributed by atoms with Gasteiger partial charge in [0.05, 0.1) is 18.2 Å². The Morgan fingerprint density at radius 3 is 2.31 bits per heavy atom. The van der Waals surface area contributed by atoms with Gasteiger partial charge in [0.2, 0.25) is 0 Å². The number of rotatable bonds is 8. The van der Waals surface area contributed by atoms with Crippen LogP contribution in [-0.2, 0) is 6.61 Å². The highest BCUT2D eigenvalue weighted by atomic mass is 79.9. The monoisotopic (exact) mass is 498 g/mol. The fourth-order valence-corrected chi connectivity index (χ4v) is 3.49. The van der Waals surface area contributed by atoms with Gasteiger partial charge in [-0.2, -0.15) is 0 Å². The van der Waals surface area contributed by atoms with Crippen molar-refractivity contribution in [3.63, 3.8) is 0 Å². The lowest BCUT2D eigenvalue weighted by Gasteiger charge is -2.14. The van der Waals surface area contributed by atoms with Gasteiger partial charge in [-0.15, -0.1) is 0 Å². The van der Waals surface area contributed by atoms with Crippen LogP contribution in [0.1, 0.15) is 33.2 Å². The molecule has 0 aromatic heterocycles. The van der Waals surface area contributed by atoms with Crippen molar-refractivity contribution in [2.75, 3.05) is 13.7 Å². The maximum absolute atomic E-state index is 12.7. The number of para-hydroxylation sites is 1. The Morgan fingerprint density at radius 1 is 0.906 bits per heavy atom. The molecule has 0 heterocycles. The van der Waals surface area contributed by atoms with E-state index in [4.69, 9.17) is 14.2 Å². The number of hydrogen-bond acceptors (Lipinski definition) is 5. The molecule has 2 amide bonds. The fourth-order valence-electron chi connectivity index (χ4n) is 2.93. The van der Waals surface area contributed by atoms with Gasteiger partial charge in [0.15, 0.2) is 11.5 Å². The summed E-state index contributed by atoms with van der Waals surface area (Å²) >= 11 is 3.38. The molecule has 2 N–H and O–H groups in total. The van der Waals surface area contributed by atoms with Gasteiger partial charge < -0.3 is 14.2 Å². The average molecular weight is 499 g/mol. The van der Waals surface area contributed by atoms with Crippen LogP contribution in [0.15, 0.2) is 71.2 Å². The van der Waals surface area contributed by atoms with Crippen molar-refractivity contribution in [2.24, 2.45) is 0 Å². The molecule has 0 spiro atoms. The van der Waals surface area contributed by atoms with E-state index in [1.54, 1.807) is 30.3 Å². The van der Waals surface area contributed by atoms with Crippen LogP contribution >= 0.6 is 15.9 Å². The van der Waals surface area contributed by atoms with Crippen LogP contribution in [0.3, 0.4) is 0 Å². The number of nitrogens with one attached hydrogen (secondary N) is 2. The Balaban J connectivity index is 1.67. The zero-order chi connectivity index (χ0) is 22.9. The number of hydrazine groups is 1. The lowest BCUT2D eigenvalue weighted by atomic mass is 10.1. The standard InChI is InChI=1S/C24H23BrN2O5/c1-3-31-22-20(25)13-17(14-21(22)30-2)23(28)26-27-24(29)19-12-8-7-9-16(19)15-32-18-10-5-4-6-11-18/h4-14H,3,15H2,1-2H3,(H,26,28)(H,27,29). The molecule has 3 rings (SSSR count). The summed E-state index contributed by atoms with van der Waals surface area (Å²) < 4.78 is 17.2. The van der Waals surface area contributed by atoms with E-state index in [1.807, 2.05) is 43.3 Å². The molecule has 7 nitrogen and oxygen atoms in total. The molecule has 0 aliphatic carbocycles. The zero-order valence-corrected chi connectivity index (χ0v) is 19.3. The number of benzene rings is 3. The molecule has 0 radical (unpaired) electrons. The Labute approximate surface area is 194 Å². The van der Waals surface area contributed by atoms with E-state index < -0.39 is 11.8 Å². The normalized spacial score (nSPS) is 10.2. The first kappa shape index (κ1) is 23.1. The molecule has 0 aliphatic rings. The van der Waals surface area contributed by atoms with E-state index in [1.165, 1.54) is 7.11 Å². The third kappa shape index (κ3) is 5.79. The van der Waals surface area contributed by atoms with Gasteiger partial charge in [-0.25, -0.2) is 0 Å². The molecule has 0 saturated carbocycles. The van der Waals surface area contributed by atoms with Crippen LogP contribution in [0.5, 0.6) is 17.2 Å². The van der Waals surface area contributed by atoms with Crippen molar-refractivity contribution in [3.05, 3.63) is 87.9 Å². The second-order valence-corrected chi connectivity index (χ2v) is 7.44. The highest BCUT2D eigenvalue weighted by Crippen LogP contribution is 2.36. The molecule has 0 unspecified atom stereocenters. The summed E-state index contributed by atoms with van der Waals surface area (Å²) in [6, 6.07) is 19.5. The number of amides is 2. The molecular formula is C24H23BrN2O5. The van der Waals surface area contributed by atoms with E-state index in [9.17, 15) is 9.59 Å². The summed E-state index contributed by atoms with van der Waals surface area (Å²) in [5.41, 5.74) is 6.26. The highest BCUT2D eigenvalue weighted by molar-refractivity contribution is 9.10. The minimum Gasteiger partial charge on any atom is -0.493 e. The predicted molar refractivity (Wildman–Crippen MR) is 124 cm³/mol. The summed E-state index contributed by atoms with van der Waals surface area (Å²) in [5, 5.41) is 0. The topological polar surface area (TPSA) is 85.9 Å². The quantitative estimate of drug-likeness (QED) is 0.446. The third-order valence-electron chi connectivity index (χ3n) is 4.47. The van der Waals surface area contributed by atoms with Gasteiger partial charge in [0.1, 0.15) is 12.4 Å². The van der Waals surface area contributed by atoms with Crippen LogP contribution in [0.2, 0.25) is 0 Å². The number of hydrogen-bond donors (Lipinski definition) is 2. The maximum Gasteiger partial charge on any atom is 0.270 e. The van der Waals surface area contributed by atoms with Crippen molar-refractivity contribution < 1.29 is 23.8 Å². The molecule has 166 valence electrons. The van der Waals surface area contributed by atoms with Gasteiger partial charge in [0, 0.05) is 16.7 Å². The van der Waals surface area contributed by atoms with Crippen molar-refractivity contribution >= 4 is 27.7 Å². The predicted octanol–water partition coefficient (Wildman–Crippen LogP) is 4.51. The molecule has 0 atom stereocenters. The van der Waals surface area contributed by atoms with Crippen LogP contribution in [0, 0.1) is 0 Å². The lowest BCUT2D eigenvalue weighted by molar-refractivity contribution is 0.0845. The summed E-state index contributed by atoms with van der Waals surface area (Å²) in [6.07, 6.45) is 0. The Kier molecular flexibility index (Phi) is 8.10. The molecule has 8 heteroatoms. The van der Waals surface area contributed by atoms with Gasteiger partial charge in [-0.3, -0.25) is 20.4 Å². The molecule has 0 aliphatic heterocycles. The maximum atomic E-state index is 12.7. The molecule has 0 bridgehead atoms. The first-order chi connectivity index (χ1) is 15.5. The molecule has 3 aromatic carbocycles. The fraction of sp³-hybridized carbons (Fsp3) is 0.167. The van der Waals surface area contributed by atoms with Crippen LogP contribution in [-0.4, -0.2) is 25.5 Å². The van der Waals surface area contributed by atoms with Crippen molar-refractivity contribution in [1.82, 2.24) is 10.9 Å². The van der Waals surface area contributed by atoms with Crippen molar-refractivity contribution in [3.8, 4) is 17.2 Å². The Morgan fingerprint density at radius 2 is 1.59 bits per heavy atom. The summed E-state index contributed by atoms with van der Waals surface area (Å²) in [6.45, 7) is 2.51. The average Bonchev–Trinajstić information content (AvgIpc) is 2.83. The highest BCUT2D eigenvalue weighted by Gasteiger charge is 2.17. The first-order valence-electron chi connectivity index (χ1n) is 9.90.